The van der Waals surface area contributed by atoms with Gasteiger partial charge in [-0.15, -0.1) is 0 Å². The topological polar surface area (TPSA) is 65.4 Å². The maximum absolute atomic E-state index is 4.72. The third kappa shape index (κ3) is 2.43. The van der Waals surface area contributed by atoms with Gasteiger partial charge in [-0.25, -0.2) is 4.98 Å². The first-order valence-electron chi connectivity index (χ1n) is 8.54. The van der Waals surface area contributed by atoms with Crippen molar-refractivity contribution >= 4 is 23.7 Å². The maximum atomic E-state index is 4.72. The Balaban J connectivity index is 1.35. The van der Waals surface area contributed by atoms with E-state index in [2.05, 4.69) is 43.7 Å². The minimum atomic E-state index is 0.737. The third-order valence-electron chi connectivity index (χ3n) is 5.23. The second-order valence-electron chi connectivity index (χ2n) is 6.83. The summed E-state index contributed by atoms with van der Waals surface area (Å²) < 4.78 is 0. The van der Waals surface area contributed by atoms with Gasteiger partial charge in [-0.2, -0.15) is 4.98 Å². The molecule has 0 spiro atoms. The average molecular weight is 320 g/mol. The summed E-state index contributed by atoms with van der Waals surface area (Å²) in [6.45, 7) is 5.14. The Morgan fingerprint density at radius 3 is 2.88 bits per heavy atom. The molecule has 24 heavy (non-hydrogen) atoms. The van der Waals surface area contributed by atoms with Crippen molar-refractivity contribution in [1.82, 2.24) is 15.3 Å². The van der Waals surface area contributed by atoms with Crippen molar-refractivity contribution in [1.29, 1.82) is 0 Å². The number of hydrogen-bond acceptors (Lipinski definition) is 6. The molecule has 1 aromatic heterocycles. The van der Waals surface area contributed by atoms with Crippen molar-refractivity contribution in [3.05, 3.63) is 41.6 Å². The Hall–Kier alpha value is -2.47. The fourth-order valence-electron chi connectivity index (χ4n) is 3.92. The summed E-state index contributed by atoms with van der Waals surface area (Å²) >= 11 is 0. The van der Waals surface area contributed by atoms with Crippen molar-refractivity contribution in [3.63, 3.8) is 0 Å². The maximum Gasteiger partial charge on any atom is 0.227 e. The van der Waals surface area contributed by atoms with Crippen LogP contribution in [0.5, 0.6) is 0 Å². The van der Waals surface area contributed by atoms with Crippen molar-refractivity contribution < 1.29 is 0 Å². The minimum absolute atomic E-state index is 0.737. The molecule has 2 unspecified atom stereocenters. The third-order valence-corrected chi connectivity index (χ3v) is 5.23. The lowest BCUT2D eigenvalue weighted by Gasteiger charge is -2.18. The van der Waals surface area contributed by atoms with Crippen LogP contribution in [-0.2, 0) is 6.54 Å². The van der Waals surface area contributed by atoms with Crippen LogP contribution in [0.3, 0.4) is 0 Å². The number of aliphatic imine (C=N–C) groups is 1. The van der Waals surface area contributed by atoms with Crippen LogP contribution in [0.1, 0.15) is 11.1 Å². The number of nitrogens with zero attached hydrogens (tertiary/aromatic N) is 4. The Morgan fingerprint density at radius 1 is 1.12 bits per heavy atom. The number of fused-ring (bicyclic) bond motifs is 2. The molecule has 0 radical (unpaired) electrons. The van der Waals surface area contributed by atoms with Crippen LogP contribution in [0.2, 0.25) is 0 Å². The van der Waals surface area contributed by atoms with Crippen LogP contribution in [0.25, 0.3) is 0 Å². The first-order chi connectivity index (χ1) is 11.8. The van der Waals surface area contributed by atoms with Gasteiger partial charge in [0.25, 0.3) is 0 Å². The lowest BCUT2D eigenvalue weighted by atomic mass is 10.0. The average Bonchev–Trinajstić information content (AvgIpc) is 3.30. The molecule has 3 aliphatic heterocycles. The van der Waals surface area contributed by atoms with E-state index < -0.39 is 0 Å². The Kier molecular flexibility index (Phi) is 3.23. The Bertz CT molecular complexity index is 790. The predicted octanol–water partition coefficient (Wildman–Crippen LogP) is 1.81. The van der Waals surface area contributed by atoms with E-state index in [1.807, 2.05) is 18.5 Å². The lowest BCUT2D eigenvalue weighted by molar-refractivity contribution is 0.533. The summed E-state index contributed by atoms with van der Waals surface area (Å²) in [5.74, 6) is 3.14. The molecule has 0 bridgehead atoms. The Morgan fingerprint density at radius 2 is 2.00 bits per heavy atom. The molecule has 122 valence electrons. The summed E-state index contributed by atoms with van der Waals surface area (Å²) in [5, 5.41) is 6.87. The van der Waals surface area contributed by atoms with E-state index >= 15 is 0 Å². The van der Waals surface area contributed by atoms with E-state index in [9.17, 15) is 0 Å². The van der Waals surface area contributed by atoms with E-state index in [1.165, 1.54) is 11.1 Å². The number of nitrogens with one attached hydrogen (secondary N) is 2. The highest BCUT2D eigenvalue weighted by Crippen LogP contribution is 2.29. The largest absolute Gasteiger partial charge is 0.340 e. The van der Waals surface area contributed by atoms with Gasteiger partial charge < -0.3 is 15.5 Å². The molecule has 6 heteroatoms. The van der Waals surface area contributed by atoms with Crippen LogP contribution in [0.15, 0.2) is 35.5 Å². The van der Waals surface area contributed by atoms with E-state index in [0.29, 0.717) is 0 Å². The molecule has 0 aliphatic carbocycles. The molecule has 0 saturated carbocycles. The quantitative estimate of drug-likeness (QED) is 0.903. The van der Waals surface area contributed by atoms with Crippen molar-refractivity contribution in [3.8, 4) is 0 Å². The van der Waals surface area contributed by atoms with Gasteiger partial charge in [-0.05, 0) is 41.2 Å². The fraction of sp³-hybridized carbons (Fsp3) is 0.389. The van der Waals surface area contributed by atoms with Gasteiger partial charge in [-0.1, -0.05) is 6.07 Å². The zero-order chi connectivity index (χ0) is 15.9. The summed E-state index contributed by atoms with van der Waals surface area (Å²) in [4.78, 5) is 15.8. The highest BCUT2D eigenvalue weighted by atomic mass is 15.3. The van der Waals surface area contributed by atoms with E-state index in [0.717, 1.165) is 62.0 Å². The number of benzene rings is 1. The van der Waals surface area contributed by atoms with Crippen LogP contribution in [-0.4, -0.2) is 42.4 Å². The van der Waals surface area contributed by atoms with Gasteiger partial charge in [0.05, 0.1) is 6.54 Å². The summed E-state index contributed by atoms with van der Waals surface area (Å²) in [7, 11) is 0. The SMILES string of the molecule is C1=NCc2ccc(Nc3ccnc(N4CC5CNCC5C4)n3)cc21. The second-order valence-corrected chi connectivity index (χ2v) is 6.83. The molecule has 2 saturated heterocycles. The molecular formula is C18H20N6. The van der Waals surface area contributed by atoms with Crippen LogP contribution >= 0.6 is 0 Å². The van der Waals surface area contributed by atoms with E-state index in [4.69, 9.17) is 4.98 Å². The molecule has 2 fully saturated rings. The standard InChI is InChI=1S/C18H20N6/c1-2-16(5-13-7-19-6-12(1)13)22-17-3-4-21-18(23-17)24-10-14-8-20-9-15(14)11-24/h1-5,7,14-15,20H,6,8-11H2,(H,21,22,23). The van der Waals surface area contributed by atoms with Gasteiger partial charge in [0.15, 0.2) is 0 Å². The molecule has 3 aliphatic rings. The van der Waals surface area contributed by atoms with E-state index in [-0.39, 0.29) is 0 Å². The Labute approximate surface area is 141 Å². The zero-order valence-electron chi connectivity index (χ0n) is 13.4. The normalized spacial score (nSPS) is 24.2. The van der Waals surface area contributed by atoms with Crippen LogP contribution in [0, 0.1) is 11.8 Å². The minimum Gasteiger partial charge on any atom is -0.340 e. The van der Waals surface area contributed by atoms with Gasteiger partial charge in [-0.3, -0.25) is 4.99 Å². The summed E-state index contributed by atoms with van der Waals surface area (Å²) in [6, 6.07) is 8.26. The molecule has 4 heterocycles. The lowest BCUT2D eigenvalue weighted by Crippen LogP contribution is -2.27. The van der Waals surface area contributed by atoms with Gasteiger partial charge in [0, 0.05) is 44.3 Å². The first kappa shape index (κ1) is 13.9. The molecule has 5 rings (SSSR count). The van der Waals surface area contributed by atoms with E-state index in [1.54, 1.807) is 0 Å². The number of hydrogen-bond donors (Lipinski definition) is 2. The molecule has 1 aromatic carbocycles. The highest BCUT2D eigenvalue weighted by molar-refractivity contribution is 5.86. The molecular weight excluding hydrogens is 300 g/mol. The monoisotopic (exact) mass is 320 g/mol. The summed E-state index contributed by atoms with van der Waals surface area (Å²) in [6.07, 6.45) is 3.77. The van der Waals surface area contributed by atoms with Crippen molar-refractivity contribution in [2.24, 2.45) is 16.8 Å². The van der Waals surface area contributed by atoms with Crippen molar-refractivity contribution in [2.75, 3.05) is 36.4 Å². The number of aromatic nitrogens is 2. The molecule has 6 nitrogen and oxygen atoms in total. The predicted molar refractivity (Wildman–Crippen MR) is 95.1 cm³/mol. The van der Waals surface area contributed by atoms with Crippen LogP contribution < -0.4 is 15.5 Å². The van der Waals surface area contributed by atoms with Crippen molar-refractivity contribution in [2.45, 2.75) is 6.54 Å². The van der Waals surface area contributed by atoms with Gasteiger partial charge >= 0.3 is 0 Å². The second kappa shape index (κ2) is 5.56. The molecule has 2 atom stereocenters. The first-order valence-corrected chi connectivity index (χ1v) is 8.54. The van der Waals surface area contributed by atoms with Gasteiger partial charge in [0.1, 0.15) is 5.82 Å². The smallest absolute Gasteiger partial charge is 0.227 e. The highest BCUT2D eigenvalue weighted by Gasteiger charge is 2.37. The fourth-order valence-corrected chi connectivity index (χ4v) is 3.92. The summed E-state index contributed by atoms with van der Waals surface area (Å²) in [5.41, 5.74) is 3.50. The zero-order valence-corrected chi connectivity index (χ0v) is 13.4. The van der Waals surface area contributed by atoms with Gasteiger partial charge in [0.2, 0.25) is 5.95 Å². The molecule has 2 aromatic rings. The van der Waals surface area contributed by atoms with Crippen LogP contribution in [0.4, 0.5) is 17.5 Å². The molecule has 2 N–H and O–H groups in total. The molecule has 0 amide bonds. The number of anilines is 3. The number of rotatable bonds is 3.